The van der Waals surface area contributed by atoms with Crippen LogP contribution in [-0.4, -0.2) is 15.0 Å². The van der Waals surface area contributed by atoms with E-state index >= 15 is 0 Å². The van der Waals surface area contributed by atoms with Crippen molar-refractivity contribution in [3.63, 3.8) is 0 Å². The fourth-order valence-electron chi connectivity index (χ4n) is 6.23. The van der Waals surface area contributed by atoms with Crippen LogP contribution in [-0.2, 0) is 11.8 Å². The molecule has 5 aromatic carbocycles. The molecule has 3 nitrogen and oxygen atoms in total. The van der Waals surface area contributed by atoms with Crippen LogP contribution in [0.15, 0.2) is 119 Å². The zero-order valence-corrected chi connectivity index (χ0v) is 23.7. The first-order valence-electron chi connectivity index (χ1n) is 14.0. The number of allylic oxidation sites excluding steroid dienone is 1. The van der Waals surface area contributed by atoms with Gasteiger partial charge in [0, 0.05) is 31.9 Å². The van der Waals surface area contributed by atoms with Gasteiger partial charge in [0.1, 0.15) is 0 Å². The number of hydrogen-bond donors (Lipinski definition) is 0. The third-order valence-corrected chi connectivity index (χ3v) is 9.48. The normalized spacial score (nSPS) is 14.5. The first-order chi connectivity index (χ1) is 20.0. The Bertz CT molecular complexity index is 2020. The fraction of sp³-hybridized carbons (Fsp3) is 0.108. The molecule has 2 aliphatic rings. The Morgan fingerprint density at radius 1 is 0.610 bits per heavy atom. The lowest BCUT2D eigenvalue weighted by Crippen LogP contribution is -2.23. The minimum Gasteiger partial charge on any atom is -0.208 e. The van der Waals surface area contributed by atoms with Crippen LogP contribution >= 0.6 is 11.8 Å². The molecular formula is C37H27N3S. The Kier molecular flexibility index (Phi) is 5.48. The number of nitrogens with zero attached hydrogens (tertiary/aromatic N) is 3. The molecule has 1 aromatic heterocycles. The highest BCUT2D eigenvalue weighted by atomic mass is 32.2. The molecule has 1 aliphatic carbocycles. The van der Waals surface area contributed by atoms with Crippen LogP contribution < -0.4 is 0 Å². The Morgan fingerprint density at radius 3 is 2.20 bits per heavy atom. The van der Waals surface area contributed by atoms with E-state index in [-0.39, 0.29) is 5.41 Å². The van der Waals surface area contributed by atoms with E-state index in [9.17, 15) is 0 Å². The van der Waals surface area contributed by atoms with Crippen molar-refractivity contribution >= 4 is 28.6 Å². The van der Waals surface area contributed by atoms with Crippen molar-refractivity contribution in [2.75, 3.05) is 0 Å². The largest absolute Gasteiger partial charge is 0.208 e. The van der Waals surface area contributed by atoms with Crippen molar-refractivity contribution in [2.45, 2.75) is 35.5 Å². The van der Waals surface area contributed by atoms with Crippen molar-refractivity contribution < 1.29 is 0 Å². The van der Waals surface area contributed by atoms with Gasteiger partial charge in [0.2, 0.25) is 0 Å². The summed E-state index contributed by atoms with van der Waals surface area (Å²) in [7, 11) is 0. The van der Waals surface area contributed by atoms with Gasteiger partial charge in [0.25, 0.3) is 0 Å². The molecule has 2 heterocycles. The first kappa shape index (κ1) is 24.3. The molecule has 8 rings (SSSR count). The molecule has 41 heavy (non-hydrogen) atoms. The highest BCUT2D eigenvalue weighted by molar-refractivity contribution is 7.99. The zero-order valence-electron chi connectivity index (χ0n) is 22.9. The average molecular weight is 546 g/mol. The topological polar surface area (TPSA) is 38.7 Å². The maximum Gasteiger partial charge on any atom is 0.164 e. The van der Waals surface area contributed by atoms with Crippen molar-refractivity contribution in [2.24, 2.45) is 0 Å². The second-order valence-corrected chi connectivity index (χ2v) is 12.4. The van der Waals surface area contributed by atoms with E-state index in [4.69, 9.17) is 15.0 Å². The number of rotatable bonds is 3. The van der Waals surface area contributed by atoms with Gasteiger partial charge in [-0.1, -0.05) is 117 Å². The van der Waals surface area contributed by atoms with E-state index in [1.807, 2.05) is 30.0 Å². The third-order valence-electron chi connectivity index (χ3n) is 8.35. The SMILES string of the molecule is CC1(C)c2ccccc2Sc2cc(-c3nc(-c4ccccc4)nc(-c4cc5c6c(cccc6c4)CC=C5)n3)ccc21. The van der Waals surface area contributed by atoms with Crippen molar-refractivity contribution in [1.82, 2.24) is 15.0 Å². The molecular weight excluding hydrogens is 518 g/mol. The molecule has 0 radical (unpaired) electrons. The summed E-state index contributed by atoms with van der Waals surface area (Å²) in [6.07, 6.45) is 5.42. The first-order valence-corrected chi connectivity index (χ1v) is 14.8. The zero-order chi connectivity index (χ0) is 27.6. The lowest BCUT2D eigenvalue weighted by Gasteiger charge is -2.34. The highest BCUT2D eigenvalue weighted by Crippen LogP contribution is 2.49. The van der Waals surface area contributed by atoms with Crippen LogP contribution in [0, 0.1) is 0 Å². The lowest BCUT2D eigenvalue weighted by molar-refractivity contribution is 0.607. The van der Waals surface area contributed by atoms with Crippen molar-refractivity contribution in [1.29, 1.82) is 0 Å². The molecule has 0 amide bonds. The number of fused-ring (bicyclic) bond motifs is 2. The summed E-state index contributed by atoms with van der Waals surface area (Å²) in [4.78, 5) is 17.7. The molecule has 0 saturated heterocycles. The molecule has 0 spiro atoms. The average Bonchev–Trinajstić information content (AvgIpc) is 3.01. The molecule has 0 N–H and O–H groups in total. The molecule has 0 unspecified atom stereocenters. The van der Waals surface area contributed by atoms with Gasteiger partial charge in [-0.05, 0) is 63.7 Å². The summed E-state index contributed by atoms with van der Waals surface area (Å²) in [5.41, 5.74) is 8.18. The number of aromatic nitrogens is 3. The highest BCUT2D eigenvalue weighted by Gasteiger charge is 2.33. The van der Waals surface area contributed by atoms with Gasteiger partial charge in [-0.3, -0.25) is 0 Å². The number of benzene rings is 5. The van der Waals surface area contributed by atoms with Gasteiger partial charge in [-0.15, -0.1) is 0 Å². The van der Waals surface area contributed by atoms with Crippen LogP contribution in [0.5, 0.6) is 0 Å². The van der Waals surface area contributed by atoms with Crippen molar-refractivity contribution in [3.8, 4) is 34.2 Å². The van der Waals surface area contributed by atoms with Crippen LogP contribution in [0.2, 0.25) is 0 Å². The fourth-order valence-corrected chi connectivity index (χ4v) is 7.67. The van der Waals surface area contributed by atoms with E-state index in [0.29, 0.717) is 17.5 Å². The van der Waals surface area contributed by atoms with E-state index in [1.54, 1.807) is 0 Å². The summed E-state index contributed by atoms with van der Waals surface area (Å²) in [5.74, 6) is 2.05. The monoisotopic (exact) mass is 545 g/mol. The third kappa shape index (κ3) is 4.01. The molecule has 4 heteroatoms. The molecule has 0 saturated carbocycles. The summed E-state index contributed by atoms with van der Waals surface area (Å²) in [5, 5.41) is 2.54. The van der Waals surface area contributed by atoms with E-state index in [2.05, 4.69) is 111 Å². The maximum absolute atomic E-state index is 5.10. The van der Waals surface area contributed by atoms with Gasteiger partial charge in [0.05, 0.1) is 0 Å². The minimum atomic E-state index is -0.0754. The Balaban J connectivity index is 1.31. The molecule has 0 atom stereocenters. The van der Waals surface area contributed by atoms with Gasteiger partial charge >= 0.3 is 0 Å². The van der Waals surface area contributed by atoms with E-state index in [1.165, 1.54) is 42.8 Å². The quantitative estimate of drug-likeness (QED) is 0.222. The summed E-state index contributed by atoms with van der Waals surface area (Å²) in [6, 6.07) is 36.6. The van der Waals surface area contributed by atoms with Crippen LogP contribution in [0.4, 0.5) is 0 Å². The second-order valence-electron chi connectivity index (χ2n) is 11.3. The lowest BCUT2D eigenvalue weighted by atomic mass is 9.77. The predicted octanol–water partition coefficient (Wildman–Crippen LogP) is 9.39. The smallest absolute Gasteiger partial charge is 0.164 e. The Hall–Kier alpha value is -4.54. The standard InChI is InChI=1S/C37H27N3S/c1-37(2)29-16-6-7-17-31(29)41-32-22-27(18-19-30(32)37)35-38-34(24-10-4-3-5-11-24)39-36(40-35)28-20-25-14-8-12-23-13-9-15-26(21-28)33(23)25/h3-12,14-22H,13H2,1-2H3. The van der Waals surface area contributed by atoms with E-state index < -0.39 is 0 Å². The second kappa shape index (κ2) is 9.25. The summed E-state index contributed by atoms with van der Waals surface area (Å²) in [6.45, 7) is 4.62. The van der Waals surface area contributed by atoms with Gasteiger partial charge < -0.3 is 0 Å². The van der Waals surface area contributed by atoms with Gasteiger partial charge in [-0.2, -0.15) is 0 Å². The number of hydrogen-bond acceptors (Lipinski definition) is 4. The van der Waals surface area contributed by atoms with Crippen LogP contribution in [0.1, 0.15) is 36.1 Å². The van der Waals surface area contributed by atoms with Gasteiger partial charge in [-0.25, -0.2) is 15.0 Å². The summed E-state index contributed by atoms with van der Waals surface area (Å²) < 4.78 is 0. The molecule has 0 bridgehead atoms. The summed E-state index contributed by atoms with van der Waals surface area (Å²) >= 11 is 1.83. The molecule has 0 fully saturated rings. The minimum absolute atomic E-state index is 0.0754. The molecule has 6 aromatic rings. The Labute approximate surface area is 244 Å². The van der Waals surface area contributed by atoms with Crippen molar-refractivity contribution in [3.05, 3.63) is 131 Å². The Morgan fingerprint density at radius 2 is 1.34 bits per heavy atom. The van der Waals surface area contributed by atoms with Crippen LogP contribution in [0.3, 0.4) is 0 Å². The van der Waals surface area contributed by atoms with E-state index in [0.717, 1.165) is 23.1 Å². The molecule has 1 aliphatic heterocycles. The van der Waals surface area contributed by atoms with Gasteiger partial charge in [0.15, 0.2) is 17.5 Å². The van der Waals surface area contributed by atoms with Crippen LogP contribution in [0.25, 0.3) is 51.0 Å². The molecule has 196 valence electrons. The predicted molar refractivity (Wildman–Crippen MR) is 169 cm³/mol. The maximum atomic E-state index is 5.10.